The minimum Gasteiger partial charge on any atom is -0.393 e. The fourth-order valence-electron chi connectivity index (χ4n) is 1.13. The van der Waals surface area contributed by atoms with Gasteiger partial charge in [-0.15, -0.1) is 0 Å². The molecular formula is C9H16N4O2. The van der Waals surface area contributed by atoms with E-state index in [9.17, 15) is 4.79 Å². The predicted molar refractivity (Wildman–Crippen MR) is 56.3 cm³/mol. The fraction of sp³-hybridized carbons (Fsp3) is 0.556. The highest BCUT2D eigenvalue weighted by Gasteiger charge is 2.14. The van der Waals surface area contributed by atoms with E-state index in [0.717, 1.165) is 0 Å². The lowest BCUT2D eigenvalue weighted by molar-refractivity contribution is 0.0763. The molecule has 0 saturated heterocycles. The molecule has 84 valence electrons. The first-order valence-corrected chi connectivity index (χ1v) is 4.75. The second kappa shape index (κ2) is 4.79. The number of rotatable bonds is 4. The third kappa shape index (κ3) is 3.25. The van der Waals surface area contributed by atoms with Crippen LogP contribution in [0.5, 0.6) is 0 Å². The van der Waals surface area contributed by atoms with Gasteiger partial charge in [0.2, 0.25) is 0 Å². The summed E-state index contributed by atoms with van der Waals surface area (Å²) in [5.41, 5.74) is 5.75. The van der Waals surface area contributed by atoms with E-state index in [-0.39, 0.29) is 5.91 Å². The molecule has 0 fully saturated rings. The van der Waals surface area contributed by atoms with Crippen LogP contribution in [0.25, 0.3) is 0 Å². The molecule has 0 saturated carbocycles. The van der Waals surface area contributed by atoms with E-state index in [0.29, 0.717) is 24.5 Å². The third-order valence-corrected chi connectivity index (χ3v) is 2.06. The Hall–Kier alpha value is -1.56. The van der Waals surface area contributed by atoms with Gasteiger partial charge >= 0.3 is 0 Å². The summed E-state index contributed by atoms with van der Waals surface area (Å²) < 4.78 is 0. The van der Waals surface area contributed by atoms with Crippen molar-refractivity contribution in [2.75, 3.05) is 19.3 Å². The molecule has 4 N–H and O–H groups in total. The maximum absolute atomic E-state index is 11.7. The molecule has 0 spiro atoms. The molecule has 0 aliphatic carbocycles. The molecule has 1 aromatic heterocycles. The van der Waals surface area contributed by atoms with Gasteiger partial charge in [0.15, 0.2) is 0 Å². The number of nitrogens with two attached hydrogens (primary N) is 1. The van der Waals surface area contributed by atoms with Crippen LogP contribution in [-0.4, -0.2) is 45.8 Å². The van der Waals surface area contributed by atoms with Crippen LogP contribution in [0.15, 0.2) is 6.07 Å². The summed E-state index contributed by atoms with van der Waals surface area (Å²) >= 11 is 0. The van der Waals surface area contributed by atoms with E-state index >= 15 is 0 Å². The monoisotopic (exact) mass is 212 g/mol. The molecule has 0 aromatic carbocycles. The van der Waals surface area contributed by atoms with Gasteiger partial charge in [0, 0.05) is 19.7 Å². The topological polar surface area (TPSA) is 95.2 Å². The normalized spacial score (nSPS) is 12.5. The number of nitrogen functional groups attached to an aromatic ring is 1. The largest absolute Gasteiger partial charge is 0.393 e. The number of anilines is 1. The molecule has 6 heteroatoms. The molecular weight excluding hydrogens is 196 g/mol. The molecule has 1 aromatic rings. The number of hydrogen-bond donors (Lipinski definition) is 3. The van der Waals surface area contributed by atoms with E-state index in [1.807, 2.05) is 0 Å². The Bertz CT molecular complexity index is 335. The summed E-state index contributed by atoms with van der Waals surface area (Å²) in [6.45, 7) is 2.18. The number of amides is 1. The van der Waals surface area contributed by atoms with E-state index in [2.05, 4.69) is 10.2 Å². The maximum Gasteiger partial charge on any atom is 0.271 e. The lowest BCUT2D eigenvalue weighted by Crippen LogP contribution is -2.29. The first kappa shape index (κ1) is 11.5. The Kier molecular flexibility index (Phi) is 3.68. The Balaban J connectivity index is 2.53. The van der Waals surface area contributed by atoms with Gasteiger partial charge in [-0.05, 0) is 13.3 Å². The van der Waals surface area contributed by atoms with Crippen molar-refractivity contribution >= 4 is 11.7 Å². The highest BCUT2D eigenvalue weighted by atomic mass is 16.3. The average molecular weight is 212 g/mol. The number of hydrogen-bond acceptors (Lipinski definition) is 4. The number of aliphatic hydroxyl groups is 1. The molecule has 1 rings (SSSR count). The zero-order chi connectivity index (χ0) is 11.4. The van der Waals surface area contributed by atoms with Crippen LogP contribution in [0.1, 0.15) is 23.8 Å². The molecule has 0 bridgehead atoms. The number of H-pyrrole nitrogens is 1. The zero-order valence-corrected chi connectivity index (χ0v) is 8.90. The van der Waals surface area contributed by atoms with Crippen molar-refractivity contribution in [1.82, 2.24) is 15.1 Å². The quantitative estimate of drug-likeness (QED) is 0.646. The lowest BCUT2D eigenvalue weighted by Gasteiger charge is -2.16. The number of aromatic amines is 1. The van der Waals surface area contributed by atoms with Crippen LogP contribution in [0.3, 0.4) is 0 Å². The smallest absolute Gasteiger partial charge is 0.271 e. The Morgan fingerprint density at radius 3 is 2.93 bits per heavy atom. The van der Waals surface area contributed by atoms with Crippen molar-refractivity contribution in [2.45, 2.75) is 19.4 Å². The summed E-state index contributed by atoms with van der Waals surface area (Å²) in [4.78, 5) is 13.2. The van der Waals surface area contributed by atoms with E-state index in [1.54, 1.807) is 14.0 Å². The fourth-order valence-corrected chi connectivity index (χ4v) is 1.13. The zero-order valence-electron chi connectivity index (χ0n) is 8.90. The number of carbonyl (C=O) groups excluding carboxylic acids is 1. The number of aliphatic hydroxyl groups excluding tert-OH is 1. The average Bonchev–Trinajstić information content (AvgIpc) is 2.60. The van der Waals surface area contributed by atoms with Gasteiger partial charge in [-0.3, -0.25) is 9.89 Å². The van der Waals surface area contributed by atoms with Crippen molar-refractivity contribution in [3.63, 3.8) is 0 Å². The molecule has 15 heavy (non-hydrogen) atoms. The van der Waals surface area contributed by atoms with E-state index < -0.39 is 6.10 Å². The van der Waals surface area contributed by atoms with Gasteiger partial charge in [-0.1, -0.05) is 0 Å². The Morgan fingerprint density at radius 2 is 2.47 bits per heavy atom. The molecule has 0 radical (unpaired) electrons. The Labute approximate surface area is 88.1 Å². The van der Waals surface area contributed by atoms with E-state index in [4.69, 9.17) is 10.8 Å². The van der Waals surface area contributed by atoms with Crippen molar-refractivity contribution in [2.24, 2.45) is 0 Å². The molecule has 1 atom stereocenters. The second-order valence-electron chi connectivity index (χ2n) is 3.57. The maximum atomic E-state index is 11.7. The third-order valence-electron chi connectivity index (χ3n) is 2.06. The van der Waals surface area contributed by atoms with Crippen molar-refractivity contribution in [1.29, 1.82) is 0 Å². The SMILES string of the molecule is CC(O)CCN(C)C(=O)c1cc(N)n[nH]1. The van der Waals surface area contributed by atoms with Gasteiger partial charge in [-0.2, -0.15) is 5.10 Å². The van der Waals surface area contributed by atoms with Crippen molar-refractivity contribution in [3.8, 4) is 0 Å². The van der Waals surface area contributed by atoms with Crippen LogP contribution >= 0.6 is 0 Å². The lowest BCUT2D eigenvalue weighted by atomic mass is 10.2. The highest BCUT2D eigenvalue weighted by molar-refractivity contribution is 5.92. The number of nitrogens with zero attached hydrogens (tertiary/aromatic N) is 2. The van der Waals surface area contributed by atoms with Gasteiger partial charge in [0.1, 0.15) is 11.5 Å². The predicted octanol–water partition coefficient (Wildman–Crippen LogP) is -0.165. The van der Waals surface area contributed by atoms with Crippen LogP contribution < -0.4 is 5.73 Å². The summed E-state index contributed by atoms with van der Waals surface area (Å²) in [6.07, 6.45) is 0.137. The van der Waals surface area contributed by atoms with Gasteiger partial charge in [-0.25, -0.2) is 0 Å². The van der Waals surface area contributed by atoms with Crippen LogP contribution in [0, 0.1) is 0 Å². The molecule has 1 unspecified atom stereocenters. The van der Waals surface area contributed by atoms with Crippen molar-refractivity contribution < 1.29 is 9.90 Å². The summed E-state index contributed by atoms with van der Waals surface area (Å²) in [5, 5.41) is 15.3. The molecule has 0 aliphatic heterocycles. The minimum absolute atomic E-state index is 0.181. The summed E-state index contributed by atoms with van der Waals surface area (Å²) in [6, 6.07) is 1.49. The van der Waals surface area contributed by atoms with Crippen molar-refractivity contribution in [3.05, 3.63) is 11.8 Å². The van der Waals surface area contributed by atoms with Gasteiger partial charge in [0.25, 0.3) is 5.91 Å². The summed E-state index contributed by atoms with van der Waals surface area (Å²) in [5.74, 6) is 0.113. The molecule has 1 heterocycles. The molecule has 6 nitrogen and oxygen atoms in total. The first-order valence-electron chi connectivity index (χ1n) is 4.75. The minimum atomic E-state index is -0.410. The number of carbonyl (C=O) groups is 1. The van der Waals surface area contributed by atoms with Gasteiger partial charge < -0.3 is 15.7 Å². The first-order chi connectivity index (χ1) is 7.00. The number of nitrogens with one attached hydrogen (secondary N) is 1. The molecule has 0 aliphatic rings. The van der Waals surface area contributed by atoms with Gasteiger partial charge in [0.05, 0.1) is 6.10 Å². The second-order valence-corrected chi connectivity index (χ2v) is 3.57. The summed E-state index contributed by atoms with van der Waals surface area (Å²) in [7, 11) is 1.67. The Morgan fingerprint density at radius 1 is 1.80 bits per heavy atom. The van der Waals surface area contributed by atoms with Crippen LogP contribution in [0.4, 0.5) is 5.82 Å². The van der Waals surface area contributed by atoms with E-state index in [1.165, 1.54) is 11.0 Å². The molecule has 1 amide bonds. The van der Waals surface area contributed by atoms with Crippen LogP contribution in [-0.2, 0) is 0 Å². The standard InChI is InChI=1S/C9H16N4O2/c1-6(14)3-4-13(2)9(15)7-5-8(10)12-11-7/h5-6,14H,3-4H2,1-2H3,(H3,10,11,12). The highest BCUT2D eigenvalue weighted by Crippen LogP contribution is 2.04. The number of aromatic nitrogens is 2. The van der Waals surface area contributed by atoms with Crippen LogP contribution in [0.2, 0.25) is 0 Å².